The summed E-state index contributed by atoms with van der Waals surface area (Å²) in [5, 5.41) is 41.7. The maximum atomic E-state index is 12.9. The van der Waals surface area contributed by atoms with Crippen LogP contribution in [0.3, 0.4) is 0 Å². The number of phosphoric ester groups is 2. The zero-order valence-corrected chi connectivity index (χ0v) is 39.2. The third kappa shape index (κ3) is 29.2. The average molecular weight is 937 g/mol. The molecule has 0 amide bonds. The van der Waals surface area contributed by atoms with E-state index in [0.717, 1.165) is 89.2 Å². The van der Waals surface area contributed by atoms with Crippen LogP contribution in [0, 0.1) is 0 Å². The second-order valence-corrected chi connectivity index (χ2v) is 19.8. The van der Waals surface area contributed by atoms with Crippen LogP contribution in [0.25, 0.3) is 0 Å². The maximum absolute atomic E-state index is 12.9. The van der Waals surface area contributed by atoms with Crippen LogP contribution < -0.4 is 0 Å². The maximum Gasteiger partial charge on any atom is 0.472 e. The van der Waals surface area contributed by atoms with E-state index in [1.165, 1.54) is 63.1 Å². The van der Waals surface area contributed by atoms with Crippen LogP contribution in [0.2, 0.25) is 0 Å². The number of rotatable bonds is 38. The second kappa shape index (κ2) is 34.4. The van der Waals surface area contributed by atoms with Crippen LogP contribution in [-0.4, -0.2) is 114 Å². The highest BCUT2D eigenvalue weighted by Gasteiger charge is 2.54. The van der Waals surface area contributed by atoms with Crippen molar-refractivity contribution in [2.75, 3.05) is 19.0 Å². The van der Waals surface area contributed by atoms with Gasteiger partial charge in [0.25, 0.3) is 0 Å². The summed E-state index contributed by atoms with van der Waals surface area (Å²) in [6.45, 7) is 3.48. The van der Waals surface area contributed by atoms with Gasteiger partial charge in [0.05, 0.1) is 19.6 Å². The molecule has 0 aromatic carbocycles. The first kappa shape index (κ1) is 58.0. The van der Waals surface area contributed by atoms with Gasteiger partial charge in [0.15, 0.2) is 5.12 Å². The van der Waals surface area contributed by atoms with Crippen molar-refractivity contribution >= 4 is 44.5 Å². The Balaban J connectivity index is 2.58. The third-order valence-corrected chi connectivity index (χ3v) is 13.0. The van der Waals surface area contributed by atoms with Gasteiger partial charge in [0, 0.05) is 18.6 Å². The van der Waals surface area contributed by atoms with Crippen molar-refractivity contribution in [1.82, 2.24) is 0 Å². The Morgan fingerprint density at radius 2 is 1.00 bits per heavy atom. The quantitative estimate of drug-likeness (QED) is 0.0181. The van der Waals surface area contributed by atoms with Gasteiger partial charge in [-0.3, -0.25) is 28.0 Å². The summed E-state index contributed by atoms with van der Waals surface area (Å²) in [4.78, 5) is 65.7. The summed E-state index contributed by atoms with van der Waals surface area (Å²) in [5.74, 6) is -0.534. The molecular formula is C41H78O17P2S. The van der Waals surface area contributed by atoms with Gasteiger partial charge < -0.3 is 44.6 Å². The van der Waals surface area contributed by atoms with E-state index in [1.54, 1.807) is 0 Å². The number of hydrogen-bond donors (Lipinski definition) is 7. The number of aliphatic hydroxyl groups excluding tert-OH is 4. The van der Waals surface area contributed by atoms with Gasteiger partial charge in [-0.2, -0.15) is 0 Å². The largest absolute Gasteiger partial charge is 0.472 e. The van der Waals surface area contributed by atoms with Crippen molar-refractivity contribution in [2.24, 2.45) is 0 Å². The number of carbonyl (C=O) groups is 3. The number of thioether (sulfide) groups is 1. The molecule has 1 saturated carbocycles. The molecule has 1 rings (SSSR count). The zero-order chi connectivity index (χ0) is 45.5. The number of phosphoric acid groups is 2. The predicted octanol–water partition coefficient (Wildman–Crippen LogP) is 7.32. The fraction of sp³-hybridized carbons (Fsp3) is 0.927. The van der Waals surface area contributed by atoms with Crippen LogP contribution in [0.4, 0.5) is 0 Å². The van der Waals surface area contributed by atoms with E-state index < -0.39 is 83.3 Å². The van der Waals surface area contributed by atoms with Crippen molar-refractivity contribution in [2.45, 2.75) is 224 Å². The lowest BCUT2D eigenvalue weighted by molar-refractivity contribution is -0.216. The highest BCUT2D eigenvalue weighted by Crippen LogP contribution is 2.48. The van der Waals surface area contributed by atoms with Gasteiger partial charge in [-0.1, -0.05) is 148 Å². The first-order chi connectivity index (χ1) is 29.0. The standard InChI is InChI=1S/C41H78O17P2S/c1-3-5-6-7-8-9-10-11-12-14-17-20-23-27-33(42)56-32(30-34(43)54-28-24-21-18-15-13-16-19-22-25-29-61-35(44)26-4-2)31-55-60(52,53)58-41-38(47)36(45)40(37(46)39(41)48)57-59(49,50)51/h32,36-41,45-48H,3-31H2,1-2H3,(H,52,53)(H2,49,50,51)/t32-,36-,37+,38+,39?,40?,41?/m1/s1. The van der Waals surface area contributed by atoms with Crippen molar-refractivity contribution in [3.05, 3.63) is 0 Å². The van der Waals surface area contributed by atoms with Gasteiger partial charge in [0.1, 0.15) is 42.7 Å². The number of aliphatic hydroxyl groups is 4. The zero-order valence-electron chi connectivity index (χ0n) is 36.6. The molecule has 1 aliphatic carbocycles. The fourth-order valence-electron chi connectivity index (χ4n) is 6.95. The normalized spacial score (nSPS) is 22.1. The monoisotopic (exact) mass is 936 g/mol. The molecule has 360 valence electrons. The Morgan fingerprint density at radius 3 is 1.48 bits per heavy atom. The number of unbranched alkanes of at least 4 members (excludes halogenated alkanes) is 20. The Kier molecular flexibility index (Phi) is 32.7. The summed E-state index contributed by atoms with van der Waals surface area (Å²) in [6.07, 6.45) is 9.60. The molecule has 61 heavy (non-hydrogen) atoms. The average Bonchev–Trinajstić information content (AvgIpc) is 3.19. The van der Waals surface area contributed by atoms with Gasteiger partial charge in [-0.15, -0.1) is 0 Å². The molecule has 1 aliphatic rings. The van der Waals surface area contributed by atoms with Crippen molar-refractivity contribution in [1.29, 1.82) is 0 Å². The SMILES string of the molecule is CCCCCCCCCCCCCCCC(=O)O[C@@H](COP(=O)(O)OC1C(O)[C@H](O)C(OP(=O)(O)O)[C@H](O)[C@@H]1O)CC(=O)OCCCCCCCCCCCSC(=O)CCC. The highest BCUT2D eigenvalue weighted by atomic mass is 32.2. The van der Waals surface area contributed by atoms with Crippen LogP contribution in [0.15, 0.2) is 0 Å². The van der Waals surface area contributed by atoms with E-state index >= 15 is 0 Å². The lowest BCUT2D eigenvalue weighted by atomic mass is 9.85. The van der Waals surface area contributed by atoms with Crippen molar-refractivity contribution in [3.8, 4) is 0 Å². The Hall–Kier alpha value is -0.980. The molecule has 0 bridgehead atoms. The van der Waals surface area contributed by atoms with E-state index in [2.05, 4.69) is 11.4 Å². The van der Waals surface area contributed by atoms with Crippen LogP contribution in [0.5, 0.6) is 0 Å². The summed E-state index contributed by atoms with van der Waals surface area (Å²) >= 11 is 1.43. The minimum Gasteiger partial charge on any atom is -0.466 e. The Labute approximate surface area is 367 Å². The van der Waals surface area contributed by atoms with Crippen LogP contribution >= 0.6 is 27.4 Å². The third-order valence-electron chi connectivity index (χ3n) is 10.4. The minimum absolute atomic E-state index is 0.0316. The van der Waals surface area contributed by atoms with E-state index in [0.29, 0.717) is 19.3 Å². The lowest BCUT2D eigenvalue weighted by Crippen LogP contribution is -2.64. The molecule has 1 fully saturated rings. The molecule has 0 aromatic heterocycles. The molecule has 17 nitrogen and oxygen atoms in total. The molecule has 8 atom stereocenters. The van der Waals surface area contributed by atoms with Gasteiger partial charge in [-0.05, 0) is 25.7 Å². The second-order valence-electron chi connectivity index (χ2n) is 16.0. The Morgan fingerprint density at radius 1 is 0.557 bits per heavy atom. The summed E-state index contributed by atoms with van der Waals surface area (Å²) in [5.41, 5.74) is 0. The topological polar surface area (TPSA) is 273 Å². The van der Waals surface area contributed by atoms with Gasteiger partial charge >= 0.3 is 27.6 Å². The summed E-state index contributed by atoms with van der Waals surface area (Å²) in [6, 6.07) is 0. The molecule has 0 aliphatic heterocycles. The molecule has 7 N–H and O–H groups in total. The first-order valence-electron chi connectivity index (χ1n) is 22.6. The van der Waals surface area contributed by atoms with Crippen LogP contribution in [0.1, 0.15) is 181 Å². The van der Waals surface area contributed by atoms with E-state index in [1.807, 2.05) is 6.92 Å². The summed E-state index contributed by atoms with van der Waals surface area (Å²) < 4.78 is 49.0. The van der Waals surface area contributed by atoms with Gasteiger partial charge in [-0.25, -0.2) is 9.13 Å². The fourth-order valence-corrected chi connectivity index (χ4v) is 9.42. The van der Waals surface area contributed by atoms with E-state index in [4.69, 9.17) is 28.3 Å². The first-order valence-corrected chi connectivity index (χ1v) is 26.6. The molecule has 0 heterocycles. The smallest absolute Gasteiger partial charge is 0.466 e. The Bertz CT molecular complexity index is 1260. The molecule has 20 heteroatoms. The van der Waals surface area contributed by atoms with Crippen molar-refractivity contribution in [3.63, 3.8) is 0 Å². The molecule has 0 spiro atoms. The van der Waals surface area contributed by atoms with E-state index in [9.17, 15) is 48.8 Å². The number of hydrogen-bond acceptors (Lipinski definition) is 15. The molecular weight excluding hydrogens is 858 g/mol. The molecule has 0 aromatic rings. The molecule has 0 radical (unpaired) electrons. The minimum atomic E-state index is -5.31. The molecule has 4 unspecified atom stereocenters. The number of ether oxygens (including phenoxy) is 2. The van der Waals surface area contributed by atoms with Crippen LogP contribution in [-0.2, 0) is 46.6 Å². The summed E-state index contributed by atoms with van der Waals surface area (Å²) in [7, 11) is -10.6. The number of esters is 2. The predicted molar refractivity (Wildman–Crippen MR) is 231 cm³/mol. The van der Waals surface area contributed by atoms with E-state index in [-0.39, 0.29) is 18.1 Å². The molecule has 0 saturated heterocycles. The van der Waals surface area contributed by atoms with Crippen molar-refractivity contribution < 1.29 is 81.7 Å². The van der Waals surface area contributed by atoms with Gasteiger partial charge in [0.2, 0.25) is 0 Å². The number of carbonyl (C=O) groups excluding carboxylic acids is 3. The lowest BCUT2D eigenvalue weighted by Gasteiger charge is -2.43. The highest BCUT2D eigenvalue weighted by molar-refractivity contribution is 8.13.